The van der Waals surface area contributed by atoms with Crippen LogP contribution >= 0.6 is 12.6 Å². The maximum absolute atomic E-state index is 4.13. The van der Waals surface area contributed by atoms with E-state index in [-0.39, 0.29) is 0 Å². The Kier molecular flexibility index (Phi) is 2.17. The molecule has 1 aromatic rings. The average Bonchev–Trinajstić information content (AvgIpc) is 1.88. The highest BCUT2D eigenvalue weighted by Crippen LogP contribution is 2.15. The highest BCUT2D eigenvalue weighted by Gasteiger charge is 1.90. The number of hydrogen-bond donors (Lipinski definition) is 1. The Balaban J connectivity index is 3.00. The molecule has 0 saturated carbocycles. The van der Waals surface area contributed by atoms with Crippen LogP contribution in [0.15, 0.2) is 30.8 Å². The quantitative estimate of drug-likeness (QED) is 0.585. The molecule has 0 aliphatic rings. The van der Waals surface area contributed by atoms with Crippen molar-refractivity contribution in [3.05, 3.63) is 42.0 Å². The van der Waals surface area contributed by atoms with E-state index >= 15 is 0 Å². The molecule has 0 N–H and O–H groups in total. The van der Waals surface area contributed by atoms with E-state index < -0.39 is 0 Å². The minimum absolute atomic E-state index is 0.819. The molecular weight excluding hydrogens is 140 g/mol. The number of aryl methyl sites for hydroxylation is 1. The zero-order chi connectivity index (χ0) is 7.56. The predicted octanol–water partition coefficient (Wildman–Crippen LogP) is 2.90. The molecule has 0 aliphatic carbocycles. The molecule has 10 heavy (non-hydrogen) atoms. The van der Waals surface area contributed by atoms with Crippen molar-refractivity contribution in [3.63, 3.8) is 0 Å². The second-order valence-corrected chi connectivity index (χ2v) is 2.85. The van der Waals surface area contributed by atoms with E-state index in [0.717, 1.165) is 10.5 Å². The second-order valence-electron chi connectivity index (χ2n) is 2.31. The molecule has 52 valence electrons. The summed E-state index contributed by atoms with van der Waals surface area (Å²) >= 11 is 4.13. The first-order valence-electron chi connectivity index (χ1n) is 3.15. The van der Waals surface area contributed by atoms with E-state index in [1.54, 1.807) is 0 Å². The SMILES string of the molecule is C=C(S)c1ccc(C)cc1. The molecule has 0 spiro atoms. The van der Waals surface area contributed by atoms with Crippen LogP contribution in [0.4, 0.5) is 0 Å². The lowest BCUT2D eigenvalue weighted by atomic mass is 10.1. The molecule has 0 amide bonds. The van der Waals surface area contributed by atoms with Crippen molar-refractivity contribution in [2.75, 3.05) is 0 Å². The monoisotopic (exact) mass is 150 g/mol. The van der Waals surface area contributed by atoms with Gasteiger partial charge in [0.15, 0.2) is 0 Å². The fourth-order valence-electron chi connectivity index (χ4n) is 0.746. The molecule has 0 bridgehead atoms. The Morgan fingerprint density at radius 1 is 1.30 bits per heavy atom. The average molecular weight is 150 g/mol. The van der Waals surface area contributed by atoms with Crippen LogP contribution in [0.3, 0.4) is 0 Å². The lowest BCUT2D eigenvalue weighted by Crippen LogP contribution is -1.75. The Bertz CT molecular complexity index is 233. The van der Waals surface area contributed by atoms with Gasteiger partial charge in [-0.15, -0.1) is 12.6 Å². The van der Waals surface area contributed by atoms with Gasteiger partial charge in [-0.1, -0.05) is 36.4 Å². The highest BCUT2D eigenvalue weighted by atomic mass is 32.1. The summed E-state index contributed by atoms with van der Waals surface area (Å²) in [5, 5.41) is 0. The van der Waals surface area contributed by atoms with Crippen molar-refractivity contribution in [1.29, 1.82) is 0 Å². The van der Waals surface area contributed by atoms with E-state index in [0.29, 0.717) is 0 Å². The minimum Gasteiger partial charge on any atom is -0.143 e. The molecule has 1 heteroatoms. The summed E-state index contributed by atoms with van der Waals surface area (Å²) < 4.78 is 0. The number of benzene rings is 1. The molecule has 0 radical (unpaired) electrons. The van der Waals surface area contributed by atoms with Gasteiger partial charge in [0.05, 0.1) is 0 Å². The van der Waals surface area contributed by atoms with Crippen LogP contribution in [0, 0.1) is 6.92 Å². The zero-order valence-corrected chi connectivity index (χ0v) is 6.86. The fourth-order valence-corrected chi connectivity index (χ4v) is 0.895. The molecule has 0 saturated heterocycles. The Morgan fingerprint density at radius 3 is 2.20 bits per heavy atom. The number of hydrogen-bond acceptors (Lipinski definition) is 1. The maximum atomic E-state index is 4.13. The summed E-state index contributed by atoms with van der Waals surface area (Å²) in [4.78, 5) is 0.819. The maximum Gasteiger partial charge on any atom is 0.00405 e. The van der Waals surface area contributed by atoms with Gasteiger partial charge in [0.25, 0.3) is 0 Å². The van der Waals surface area contributed by atoms with Gasteiger partial charge in [0, 0.05) is 4.91 Å². The second kappa shape index (κ2) is 2.93. The van der Waals surface area contributed by atoms with E-state index in [1.807, 2.05) is 12.1 Å². The Morgan fingerprint density at radius 2 is 1.80 bits per heavy atom. The van der Waals surface area contributed by atoms with Crippen LogP contribution in [0.25, 0.3) is 4.91 Å². The molecular formula is C9H10S. The van der Waals surface area contributed by atoms with E-state index in [2.05, 4.69) is 38.3 Å². The van der Waals surface area contributed by atoms with E-state index in [9.17, 15) is 0 Å². The molecule has 0 aromatic heterocycles. The molecule has 0 fully saturated rings. The molecule has 0 nitrogen and oxygen atoms in total. The standard InChI is InChI=1S/C9H10S/c1-7-3-5-9(6-4-7)8(2)10/h3-6,10H,2H2,1H3. The summed E-state index contributed by atoms with van der Waals surface area (Å²) in [5.41, 5.74) is 2.35. The van der Waals surface area contributed by atoms with Crippen molar-refractivity contribution < 1.29 is 0 Å². The first kappa shape index (κ1) is 7.42. The molecule has 1 rings (SSSR count). The topological polar surface area (TPSA) is 0 Å². The van der Waals surface area contributed by atoms with Crippen molar-refractivity contribution in [2.45, 2.75) is 6.92 Å². The van der Waals surface area contributed by atoms with Gasteiger partial charge in [-0.05, 0) is 12.5 Å². The van der Waals surface area contributed by atoms with Gasteiger partial charge in [0.1, 0.15) is 0 Å². The fraction of sp³-hybridized carbons (Fsp3) is 0.111. The zero-order valence-electron chi connectivity index (χ0n) is 5.96. The predicted molar refractivity (Wildman–Crippen MR) is 49.2 cm³/mol. The van der Waals surface area contributed by atoms with Crippen molar-refractivity contribution in [2.24, 2.45) is 0 Å². The Labute approximate surface area is 67.0 Å². The molecule has 1 aromatic carbocycles. The lowest BCUT2D eigenvalue weighted by molar-refractivity contribution is 1.46. The van der Waals surface area contributed by atoms with Crippen LogP contribution in [-0.2, 0) is 0 Å². The normalized spacial score (nSPS) is 9.40. The third-order valence-electron chi connectivity index (χ3n) is 1.38. The summed E-state index contributed by atoms with van der Waals surface area (Å²) in [6.07, 6.45) is 0. The van der Waals surface area contributed by atoms with Crippen molar-refractivity contribution in [3.8, 4) is 0 Å². The largest absolute Gasteiger partial charge is 0.143 e. The number of rotatable bonds is 1. The van der Waals surface area contributed by atoms with E-state index in [1.165, 1.54) is 5.56 Å². The molecule has 0 atom stereocenters. The third-order valence-corrected chi connectivity index (χ3v) is 1.64. The van der Waals surface area contributed by atoms with Gasteiger partial charge >= 0.3 is 0 Å². The van der Waals surface area contributed by atoms with Crippen LogP contribution in [0.5, 0.6) is 0 Å². The number of thiol groups is 1. The summed E-state index contributed by atoms with van der Waals surface area (Å²) in [5.74, 6) is 0. The summed E-state index contributed by atoms with van der Waals surface area (Å²) in [6.45, 7) is 5.78. The van der Waals surface area contributed by atoms with Gasteiger partial charge < -0.3 is 0 Å². The first-order valence-corrected chi connectivity index (χ1v) is 3.60. The van der Waals surface area contributed by atoms with Gasteiger partial charge in [-0.2, -0.15) is 0 Å². The molecule has 0 aliphatic heterocycles. The Hall–Kier alpha value is -0.690. The van der Waals surface area contributed by atoms with Crippen LogP contribution in [-0.4, -0.2) is 0 Å². The van der Waals surface area contributed by atoms with Crippen molar-refractivity contribution >= 4 is 17.5 Å². The van der Waals surface area contributed by atoms with Gasteiger partial charge in [0.2, 0.25) is 0 Å². The van der Waals surface area contributed by atoms with Gasteiger partial charge in [-0.25, -0.2) is 0 Å². The third kappa shape index (κ3) is 1.64. The summed E-state index contributed by atoms with van der Waals surface area (Å²) in [7, 11) is 0. The smallest absolute Gasteiger partial charge is 0.00405 e. The van der Waals surface area contributed by atoms with E-state index in [4.69, 9.17) is 0 Å². The van der Waals surface area contributed by atoms with Crippen LogP contribution in [0.1, 0.15) is 11.1 Å². The highest BCUT2D eigenvalue weighted by molar-refractivity contribution is 7.90. The lowest BCUT2D eigenvalue weighted by Gasteiger charge is -1.97. The molecule has 0 unspecified atom stereocenters. The van der Waals surface area contributed by atoms with Gasteiger partial charge in [-0.3, -0.25) is 0 Å². The van der Waals surface area contributed by atoms with Crippen molar-refractivity contribution in [1.82, 2.24) is 0 Å². The van der Waals surface area contributed by atoms with Crippen LogP contribution < -0.4 is 0 Å². The minimum atomic E-state index is 0.819. The summed E-state index contributed by atoms with van der Waals surface area (Å²) in [6, 6.07) is 8.14. The molecule has 0 heterocycles. The van der Waals surface area contributed by atoms with Crippen LogP contribution in [0.2, 0.25) is 0 Å². The first-order chi connectivity index (χ1) is 4.70.